The van der Waals surface area contributed by atoms with Crippen LogP contribution in [0.5, 0.6) is 5.75 Å². The molecule has 2 N–H and O–H groups in total. The minimum absolute atomic E-state index is 0.629. The van der Waals surface area contributed by atoms with E-state index in [-0.39, 0.29) is 0 Å². The van der Waals surface area contributed by atoms with E-state index < -0.39 is 0 Å². The molecule has 0 atom stereocenters. The third-order valence-corrected chi connectivity index (χ3v) is 4.81. The average molecular weight is 324 g/mol. The molecule has 0 amide bonds. The Labute approximate surface area is 140 Å². The number of nitrogen functional groups attached to an aromatic ring is 1. The van der Waals surface area contributed by atoms with Crippen molar-refractivity contribution in [1.29, 1.82) is 0 Å². The first-order valence-corrected chi connectivity index (χ1v) is 8.35. The van der Waals surface area contributed by atoms with Gasteiger partial charge in [-0.1, -0.05) is 17.7 Å². The molecule has 0 bridgehead atoms. The van der Waals surface area contributed by atoms with Gasteiger partial charge >= 0.3 is 0 Å². The number of aromatic nitrogens is 1. The molecule has 0 aliphatic heterocycles. The lowest BCUT2D eigenvalue weighted by molar-refractivity contribution is 0.417. The lowest BCUT2D eigenvalue weighted by atomic mass is 9.98. The number of benzene rings is 2. The van der Waals surface area contributed by atoms with Gasteiger partial charge in [0, 0.05) is 16.5 Å². The third-order valence-electron chi connectivity index (χ3n) is 3.91. The number of thiazole rings is 1. The maximum atomic E-state index is 6.00. The average Bonchev–Trinajstić information content (AvgIpc) is 2.95. The molecule has 4 heteroatoms. The van der Waals surface area contributed by atoms with Gasteiger partial charge in [-0.3, -0.25) is 0 Å². The Balaban J connectivity index is 2.03. The Morgan fingerprint density at radius 3 is 2.35 bits per heavy atom. The predicted octanol–water partition coefficient (Wildman–Crippen LogP) is 4.99. The molecular formula is C19H20N2OS. The van der Waals surface area contributed by atoms with E-state index in [1.165, 1.54) is 22.3 Å². The standard InChI is InChI=1S/C19H20N2OS/c1-11-7-12(2)18(13(3)8-11)16-10-23-19(21-16)14-5-6-17(22-4)15(20)9-14/h5-10H,20H2,1-4H3. The van der Waals surface area contributed by atoms with Crippen molar-refractivity contribution in [2.75, 3.05) is 12.8 Å². The summed E-state index contributed by atoms with van der Waals surface area (Å²) in [5.41, 5.74) is 13.7. The number of hydrogen-bond acceptors (Lipinski definition) is 4. The molecule has 0 aliphatic carbocycles. The van der Waals surface area contributed by atoms with E-state index in [1.807, 2.05) is 18.2 Å². The number of aryl methyl sites for hydroxylation is 3. The molecule has 0 radical (unpaired) electrons. The highest BCUT2D eigenvalue weighted by molar-refractivity contribution is 7.13. The van der Waals surface area contributed by atoms with Gasteiger partial charge in [0.15, 0.2) is 0 Å². The normalized spacial score (nSPS) is 10.8. The van der Waals surface area contributed by atoms with Crippen molar-refractivity contribution in [3.05, 3.63) is 52.4 Å². The topological polar surface area (TPSA) is 48.1 Å². The van der Waals surface area contributed by atoms with Gasteiger partial charge in [-0.2, -0.15) is 0 Å². The van der Waals surface area contributed by atoms with E-state index in [2.05, 4.69) is 38.3 Å². The van der Waals surface area contributed by atoms with Gasteiger partial charge in [-0.05, 0) is 50.1 Å². The molecule has 2 aromatic carbocycles. The van der Waals surface area contributed by atoms with Crippen molar-refractivity contribution in [3.8, 4) is 27.6 Å². The van der Waals surface area contributed by atoms with Gasteiger partial charge in [0.2, 0.25) is 0 Å². The summed E-state index contributed by atoms with van der Waals surface area (Å²) in [7, 11) is 1.62. The molecule has 0 saturated heterocycles. The zero-order valence-electron chi connectivity index (χ0n) is 13.8. The summed E-state index contributed by atoms with van der Waals surface area (Å²) in [5, 5.41) is 3.08. The smallest absolute Gasteiger partial charge is 0.141 e. The Hall–Kier alpha value is -2.33. The van der Waals surface area contributed by atoms with Crippen LogP contribution in [-0.4, -0.2) is 12.1 Å². The Morgan fingerprint density at radius 1 is 1.04 bits per heavy atom. The molecule has 3 nitrogen and oxygen atoms in total. The fourth-order valence-corrected chi connectivity index (χ4v) is 3.78. The SMILES string of the molecule is COc1ccc(-c2nc(-c3c(C)cc(C)cc3C)cs2)cc1N. The summed E-state index contributed by atoms with van der Waals surface area (Å²) in [6.45, 7) is 6.40. The van der Waals surface area contributed by atoms with Gasteiger partial charge in [0.1, 0.15) is 10.8 Å². The molecule has 0 aliphatic rings. The summed E-state index contributed by atoms with van der Waals surface area (Å²) < 4.78 is 5.21. The van der Waals surface area contributed by atoms with Gasteiger partial charge in [-0.25, -0.2) is 4.98 Å². The lowest BCUT2D eigenvalue weighted by Gasteiger charge is -2.09. The van der Waals surface area contributed by atoms with E-state index in [1.54, 1.807) is 18.4 Å². The summed E-state index contributed by atoms with van der Waals surface area (Å²) in [6, 6.07) is 10.2. The van der Waals surface area contributed by atoms with Crippen LogP contribution in [0.2, 0.25) is 0 Å². The molecular weight excluding hydrogens is 304 g/mol. The number of methoxy groups -OCH3 is 1. The van der Waals surface area contributed by atoms with Crippen molar-refractivity contribution < 1.29 is 4.74 Å². The highest BCUT2D eigenvalue weighted by atomic mass is 32.1. The van der Waals surface area contributed by atoms with Gasteiger partial charge in [0.25, 0.3) is 0 Å². The maximum absolute atomic E-state index is 6.00. The van der Waals surface area contributed by atoms with E-state index in [9.17, 15) is 0 Å². The molecule has 0 fully saturated rings. The van der Waals surface area contributed by atoms with Crippen LogP contribution in [0.1, 0.15) is 16.7 Å². The molecule has 118 valence electrons. The Bertz CT molecular complexity index is 845. The molecule has 0 spiro atoms. The monoisotopic (exact) mass is 324 g/mol. The highest BCUT2D eigenvalue weighted by Crippen LogP contribution is 2.35. The Morgan fingerprint density at radius 2 is 1.74 bits per heavy atom. The van der Waals surface area contributed by atoms with E-state index in [4.69, 9.17) is 15.5 Å². The first-order chi connectivity index (χ1) is 11.0. The fourth-order valence-electron chi connectivity index (χ4n) is 2.97. The van der Waals surface area contributed by atoms with Crippen LogP contribution >= 0.6 is 11.3 Å². The minimum atomic E-state index is 0.629. The number of anilines is 1. The number of ether oxygens (including phenoxy) is 1. The van der Waals surface area contributed by atoms with Crippen LogP contribution in [-0.2, 0) is 0 Å². The molecule has 3 rings (SSSR count). The molecule has 3 aromatic rings. The lowest BCUT2D eigenvalue weighted by Crippen LogP contribution is -1.93. The second-order valence-corrected chi connectivity index (χ2v) is 6.63. The number of hydrogen-bond donors (Lipinski definition) is 1. The zero-order chi connectivity index (χ0) is 16.6. The van der Waals surface area contributed by atoms with Crippen LogP contribution in [0.25, 0.3) is 21.8 Å². The van der Waals surface area contributed by atoms with Crippen molar-refractivity contribution >= 4 is 17.0 Å². The van der Waals surface area contributed by atoms with E-state index in [0.29, 0.717) is 11.4 Å². The van der Waals surface area contributed by atoms with Crippen LogP contribution < -0.4 is 10.5 Å². The third kappa shape index (κ3) is 2.94. The van der Waals surface area contributed by atoms with Crippen molar-refractivity contribution in [2.45, 2.75) is 20.8 Å². The van der Waals surface area contributed by atoms with Crippen LogP contribution in [0.3, 0.4) is 0 Å². The quantitative estimate of drug-likeness (QED) is 0.690. The second-order valence-electron chi connectivity index (χ2n) is 5.77. The summed E-state index contributed by atoms with van der Waals surface area (Å²) in [5.74, 6) is 0.691. The molecule has 0 saturated carbocycles. The zero-order valence-corrected chi connectivity index (χ0v) is 14.6. The van der Waals surface area contributed by atoms with Gasteiger partial charge in [0.05, 0.1) is 18.5 Å². The fraction of sp³-hybridized carbons (Fsp3) is 0.211. The largest absolute Gasteiger partial charge is 0.495 e. The summed E-state index contributed by atoms with van der Waals surface area (Å²) in [6.07, 6.45) is 0. The van der Waals surface area contributed by atoms with Gasteiger partial charge in [-0.15, -0.1) is 11.3 Å². The van der Waals surface area contributed by atoms with Crippen LogP contribution in [0, 0.1) is 20.8 Å². The number of nitrogens with two attached hydrogens (primary N) is 1. The highest BCUT2D eigenvalue weighted by Gasteiger charge is 2.12. The number of rotatable bonds is 3. The second kappa shape index (κ2) is 6.05. The molecule has 23 heavy (non-hydrogen) atoms. The van der Waals surface area contributed by atoms with Crippen molar-refractivity contribution in [3.63, 3.8) is 0 Å². The number of nitrogens with zero attached hydrogens (tertiary/aromatic N) is 1. The van der Waals surface area contributed by atoms with Crippen molar-refractivity contribution in [2.24, 2.45) is 0 Å². The van der Waals surface area contributed by atoms with E-state index in [0.717, 1.165) is 16.3 Å². The molecule has 1 heterocycles. The van der Waals surface area contributed by atoms with Crippen LogP contribution in [0.15, 0.2) is 35.7 Å². The van der Waals surface area contributed by atoms with Crippen LogP contribution in [0.4, 0.5) is 5.69 Å². The molecule has 1 aromatic heterocycles. The maximum Gasteiger partial charge on any atom is 0.141 e. The minimum Gasteiger partial charge on any atom is -0.495 e. The first-order valence-electron chi connectivity index (χ1n) is 7.47. The predicted molar refractivity (Wildman–Crippen MR) is 98.2 cm³/mol. The van der Waals surface area contributed by atoms with Gasteiger partial charge < -0.3 is 10.5 Å². The Kier molecular flexibility index (Phi) is 4.09. The summed E-state index contributed by atoms with van der Waals surface area (Å²) >= 11 is 1.63. The first kappa shape index (κ1) is 15.6. The van der Waals surface area contributed by atoms with Crippen molar-refractivity contribution in [1.82, 2.24) is 4.98 Å². The van der Waals surface area contributed by atoms with E-state index >= 15 is 0 Å². The summed E-state index contributed by atoms with van der Waals surface area (Å²) in [4.78, 5) is 4.82. The molecule has 0 unspecified atom stereocenters.